The van der Waals surface area contributed by atoms with Crippen LogP contribution < -0.4 is 0 Å². The molecule has 2 amide bonds. The normalized spacial score (nSPS) is 20.7. The SMILES string of the molecule is CCC1(c2ccc(C)cc2)CC(=O)N(Cc2cncc(F)c2)C1=O. The molecule has 1 saturated heterocycles. The highest BCUT2D eigenvalue weighted by Crippen LogP contribution is 2.40. The van der Waals surface area contributed by atoms with Gasteiger partial charge in [0.15, 0.2) is 0 Å². The van der Waals surface area contributed by atoms with E-state index in [2.05, 4.69) is 4.98 Å². The number of hydrogen-bond acceptors (Lipinski definition) is 3. The van der Waals surface area contributed by atoms with Crippen molar-refractivity contribution in [2.24, 2.45) is 0 Å². The van der Waals surface area contributed by atoms with Gasteiger partial charge < -0.3 is 0 Å². The van der Waals surface area contributed by atoms with Crippen LogP contribution in [0.5, 0.6) is 0 Å². The monoisotopic (exact) mass is 326 g/mol. The van der Waals surface area contributed by atoms with Gasteiger partial charge in [0, 0.05) is 12.6 Å². The number of carbonyl (C=O) groups excluding carboxylic acids is 2. The molecule has 0 spiro atoms. The van der Waals surface area contributed by atoms with Crippen molar-refractivity contribution in [2.45, 2.75) is 38.6 Å². The largest absolute Gasteiger partial charge is 0.277 e. The molecule has 2 heterocycles. The van der Waals surface area contributed by atoms with Gasteiger partial charge in [-0.25, -0.2) is 4.39 Å². The van der Waals surface area contributed by atoms with Gasteiger partial charge in [-0.1, -0.05) is 36.8 Å². The van der Waals surface area contributed by atoms with Crippen LogP contribution in [0.1, 0.15) is 36.5 Å². The van der Waals surface area contributed by atoms with Crippen molar-refractivity contribution >= 4 is 11.8 Å². The highest BCUT2D eigenvalue weighted by atomic mass is 19.1. The lowest BCUT2D eigenvalue weighted by molar-refractivity contribution is -0.140. The minimum Gasteiger partial charge on any atom is -0.277 e. The Morgan fingerprint density at radius 2 is 1.92 bits per heavy atom. The van der Waals surface area contributed by atoms with E-state index in [4.69, 9.17) is 0 Å². The maximum atomic E-state index is 13.3. The zero-order valence-corrected chi connectivity index (χ0v) is 13.8. The Bertz CT molecular complexity index is 788. The molecule has 1 aliphatic rings. The summed E-state index contributed by atoms with van der Waals surface area (Å²) in [6.45, 7) is 3.95. The van der Waals surface area contributed by atoms with Crippen LogP contribution in [-0.2, 0) is 21.5 Å². The summed E-state index contributed by atoms with van der Waals surface area (Å²) >= 11 is 0. The number of aryl methyl sites for hydroxylation is 1. The quantitative estimate of drug-likeness (QED) is 0.811. The first-order chi connectivity index (χ1) is 11.5. The van der Waals surface area contributed by atoms with E-state index < -0.39 is 11.2 Å². The van der Waals surface area contributed by atoms with Crippen molar-refractivity contribution in [1.82, 2.24) is 9.88 Å². The third-order valence-electron chi connectivity index (χ3n) is 4.72. The molecule has 1 aliphatic heterocycles. The van der Waals surface area contributed by atoms with Crippen molar-refractivity contribution in [3.05, 3.63) is 65.2 Å². The number of likely N-dealkylation sites (tertiary alicyclic amines) is 1. The molecule has 0 bridgehead atoms. The fraction of sp³-hybridized carbons (Fsp3) is 0.316. The molecule has 3 rings (SSSR count). The van der Waals surface area contributed by atoms with Gasteiger partial charge in [0.1, 0.15) is 5.82 Å². The Hall–Kier alpha value is -2.56. The van der Waals surface area contributed by atoms with Gasteiger partial charge in [-0.05, 0) is 30.5 Å². The standard InChI is InChI=1S/C19H19FN2O2/c1-3-19(15-6-4-13(2)5-7-15)9-17(23)22(18(19)24)12-14-8-16(20)11-21-10-14/h4-8,10-11H,3,9,12H2,1-2H3. The maximum absolute atomic E-state index is 13.3. The number of benzene rings is 1. The van der Waals surface area contributed by atoms with Gasteiger partial charge in [0.2, 0.25) is 11.8 Å². The molecular formula is C19H19FN2O2. The van der Waals surface area contributed by atoms with Crippen molar-refractivity contribution in [2.75, 3.05) is 0 Å². The van der Waals surface area contributed by atoms with Crippen molar-refractivity contribution in [3.8, 4) is 0 Å². The van der Waals surface area contributed by atoms with Crippen molar-refractivity contribution < 1.29 is 14.0 Å². The molecule has 124 valence electrons. The van der Waals surface area contributed by atoms with Crippen LogP contribution >= 0.6 is 0 Å². The number of hydrogen-bond donors (Lipinski definition) is 0. The van der Waals surface area contributed by atoms with Gasteiger partial charge in [0.05, 0.1) is 18.2 Å². The Morgan fingerprint density at radius 1 is 1.21 bits per heavy atom. The molecule has 5 heteroatoms. The molecule has 1 unspecified atom stereocenters. The fourth-order valence-corrected chi connectivity index (χ4v) is 3.26. The number of aromatic nitrogens is 1. The predicted octanol–water partition coefficient (Wildman–Crippen LogP) is 3.14. The molecule has 1 fully saturated rings. The molecule has 1 aromatic carbocycles. The van der Waals surface area contributed by atoms with E-state index in [1.54, 1.807) is 0 Å². The second kappa shape index (κ2) is 6.15. The van der Waals surface area contributed by atoms with E-state index in [0.29, 0.717) is 12.0 Å². The zero-order chi connectivity index (χ0) is 17.3. The summed E-state index contributed by atoms with van der Waals surface area (Å²) in [4.78, 5) is 30.5. The molecule has 0 saturated carbocycles. The van der Waals surface area contributed by atoms with E-state index >= 15 is 0 Å². The molecule has 0 aliphatic carbocycles. The average Bonchev–Trinajstić information content (AvgIpc) is 2.81. The Labute approximate surface area is 140 Å². The minimum atomic E-state index is -0.828. The molecule has 0 radical (unpaired) electrons. The summed E-state index contributed by atoms with van der Waals surface area (Å²) in [7, 11) is 0. The van der Waals surface area contributed by atoms with Crippen LogP contribution in [0.2, 0.25) is 0 Å². The van der Waals surface area contributed by atoms with Gasteiger partial charge in [0.25, 0.3) is 0 Å². The first-order valence-corrected chi connectivity index (χ1v) is 7.97. The van der Waals surface area contributed by atoms with Crippen LogP contribution in [0.25, 0.3) is 0 Å². The lowest BCUT2D eigenvalue weighted by atomic mass is 9.76. The Kier molecular flexibility index (Phi) is 4.18. The van der Waals surface area contributed by atoms with E-state index in [-0.39, 0.29) is 24.8 Å². The third kappa shape index (κ3) is 2.70. The molecule has 2 aromatic rings. The second-order valence-electron chi connectivity index (χ2n) is 6.27. The van der Waals surface area contributed by atoms with Crippen LogP contribution in [0, 0.1) is 12.7 Å². The highest BCUT2D eigenvalue weighted by Gasteiger charge is 2.51. The molecule has 0 N–H and O–H groups in total. The van der Waals surface area contributed by atoms with Gasteiger partial charge in [-0.2, -0.15) is 0 Å². The van der Waals surface area contributed by atoms with E-state index in [9.17, 15) is 14.0 Å². The topological polar surface area (TPSA) is 50.3 Å². The Balaban J connectivity index is 1.93. The number of carbonyl (C=O) groups is 2. The molecule has 1 atom stereocenters. The van der Waals surface area contributed by atoms with Gasteiger partial charge in [-0.3, -0.25) is 19.5 Å². The Morgan fingerprint density at radius 3 is 2.54 bits per heavy atom. The summed E-state index contributed by atoms with van der Waals surface area (Å²) in [6.07, 6.45) is 3.26. The number of amides is 2. The van der Waals surface area contributed by atoms with Crippen molar-refractivity contribution in [3.63, 3.8) is 0 Å². The van der Waals surface area contributed by atoms with Crippen LogP contribution in [0.4, 0.5) is 4.39 Å². The predicted molar refractivity (Wildman–Crippen MR) is 87.5 cm³/mol. The first-order valence-electron chi connectivity index (χ1n) is 7.97. The molecule has 4 nitrogen and oxygen atoms in total. The summed E-state index contributed by atoms with van der Waals surface area (Å²) < 4.78 is 13.3. The van der Waals surface area contributed by atoms with E-state index in [0.717, 1.165) is 17.3 Å². The number of halogens is 1. The summed E-state index contributed by atoms with van der Waals surface area (Å²) in [5, 5.41) is 0. The summed E-state index contributed by atoms with van der Waals surface area (Å²) in [5.74, 6) is -0.929. The fourth-order valence-electron chi connectivity index (χ4n) is 3.26. The number of nitrogens with zero attached hydrogens (tertiary/aromatic N) is 2. The summed E-state index contributed by atoms with van der Waals surface area (Å²) in [5.41, 5.74) is 1.64. The number of pyridine rings is 1. The van der Waals surface area contributed by atoms with Gasteiger partial charge in [-0.15, -0.1) is 0 Å². The van der Waals surface area contributed by atoms with Crippen molar-refractivity contribution in [1.29, 1.82) is 0 Å². The lowest BCUT2D eigenvalue weighted by Gasteiger charge is -2.26. The maximum Gasteiger partial charge on any atom is 0.240 e. The smallest absolute Gasteiger partial charge is 0.240 e. The van der Waals surface area contributed by atoms with Crippen LogP contribution in [-0.4, -0.2) is 21.7 Å². The van der Waals surface area contributed by atoms with Gasteiger partial charge >= 0.3 is 0 Å². The second-order valence-corrected chi connectivity index (χ2v) is 6.27. The summed E-state index contributed by atoms with van der Waals surface area (Å²) in [6, 6.07) is 9.02. The zero-order valence-electron chi connectivity index (χ0n) is 13.8. The minimum absolute atomic E-state index is 0.0516. The number of imide groups is 1. The van der Waals surface area contributed by atoms with Crippen LogP contribution in [0.3, 0.4) is 0 Å². The lowest BCUT2D eigenvalue weighted by Crippen LogP contribution is -2.37. The first kappa shape index (κ1) is 16.3. The molecular weight excluding hydrogens is 307 g/mol. The average molecular weight is 326 g/mol. The molecule has 1 aromatic heterocycles. The van der Waals surface area contributed by atoms with E-state index in [1.807, 2.05) is 38.1 Å². The van der Waals surface area contributed by atoms with Crippen LogP contribution in [0.15, 0.2) is 42.7 Å². The van der Waals surface area contributed by atoms with E-state index in [1.165, 1.54) is 17.2 Å². The third-order valence-corrected chi connectivity index (χ3v) is 4.72. The highest BCUT2D eigenvalue weighted by molar-refractivity contribution is 6.09. The number of rotatable bonds is 4. The molecule has 24 heavy (non-hydrogen) atoms.